The Kier molecular flexibility index (Phi) is 2.88. The number of hydrogen-bond acceptors (Lipinski definition) is 3. The number of nitrogens with zero attached hydrogens (tertiary/aromatic N) is 1. The van der Waals surface area contributed by atoms with Gasteiger partial charge in [-0.05, 0) is 25.7 Å². The third-order valence-electron chi connectivity index (χ3n) is 2.98. The van der Waals surface area contributed by atoms with Crippen LogP contribution in [0.25, 0.3) is 0 Å². The average molecular weight is 210 g/mol. The van der Waals surface area contributed by atoms with Crippen molar-refractivity contribution in [2.75, 3.05) is 0 Å². The molecule has 2 rings (SSSR count). The van der Waals surface area contributed by atoms with Gasteiger partial charge in [-0.25, -0.2) is 4.98 Å². The summed E-state index contributed by atoms with van der Waals surface area (Å²) >= 11 is 1.80. The van der Waals surface area contributed by atoms with Crippen molar-refractivity contribution in [3.05, 3.63) is 16.1 Å². The van der Waals surface area contributed by atoms with E-state index in [1.165, 1.54) is 30.0 Å². The fourth-order valence-electron chi connectivity index (χ4n) is 1.47. The second-order valence-corrected chi connectivity index (χ2v) is 5.40. The molecule has 0 spiro atoms. The van der Waals surface area contributed by atoms with Crippen LogP contribution in [0, 0.1) is 5.92 Å². The van der Waals surface area contributed by atoms with Gasteiger partial charge in [-0.15, -0.1) is 11.3 Å². The summed E-state index contributed by atoms with van der Waals surface area (Å²) in [5.41, 5.74) is 7.04. The molecule has 2 nitrogen and oxygen atoms in total. The molecule has 0 bridgehead atoms. The van der Waals surface area contributed by atoms with Crippen molar-refractivity contribution >= 4 is 11.3 Å². The van der Waals surface area contributed by atoms with Crippen molar-refractivity contribution in [2.24, 2.45) is 11.7 Å². The molecule has 0 aromatic carbocycles. The van der Waals surface area contributed by atoms with Crippen molar-refractivity contribution in [1.82, 2.24) is 4.98 Å². The molecular formula is C11H18N2S. The Morgan fingerprint density at radius 2 is 2.29 bits per heavy atom. The SMILES string of the molecule is CC(N)C(C)c1csc(CC2CC2)n1. The Morgan fingerprint density at radius 1 is 1.57 bits per heavy atom. The second-order valence-electron chi connectivity index (χ2n) is 4.46. The van der Waals surface area contributed by atoms with Crippen LogP contribution in [0.4, 0.5) is 0 Å². The molecule has 0 radical (unpaired) electrons. The molecule has 0 aliphatic heterocycles. The lowest BCUT2D eigenvalue weighted by molar-refractivity contribution is 0.599. The van der Waals surface area contributed by atoms with Gasteiger partial charge in [0.05, 0.1) is 10.7 Å². The van der Waals surface area contributed by atoms with Gasteiger partial charge in [-0.3, -0.25) is 0 Å². The topological polar surface area (TPSA) is 38.9 Å². The summed E-state index contributed by atoms with van der Waals surface area (Å²) < 4.78 is 0. The molecule has 2 unspecified atom stereocenters. The largest absolute Gasteiger partial charge is 0.327 e. The zero-order valence-electron chi connectivity index (χ0n) is 8.86. The van der Waals surface area contributed by atoms with Gasteiger partial charge >= 0.3 is 0 Å². The van der Waals surface area contributed by atoms with Gasteiger partial charge in [0.1, 0.15) is 0 Å². The lowest BCUT2D eigenvalue weighted by atomic mass is 10.0. The first-order valence-electron chi connectivity index (χ1n) is 5.36. The van der Waals surface area contributed by atoms with E-state index in [-0.39, 0.29) is 6.04 Å². The lowest BCUT2D eigenvalue weighted by Gasteiger charge is -2.11. The number of rotatable bonds is 4. The van der Waals surface area contributed by atoms with E-state index in [0.29, 0.717) is 5.92 Å². The fourth-order valence-corrected chi connectivity index (χ4v) is 2.48. The van der Waals surface area contributed by atoms with E-state index in [1.54, 1.807) is 11.3 Å². The Balaban J connectivity index is 2.00. The van der Waals surface area contributed by atoms with Crippen molar-refractivity contribution < 1.29 is 0 Å². The standard InChI is InChI=1S/C11H18N2S/c1-7(8(2)12)10-6-14-11(13-10)5-9-3-4-9/h6-9H,3-5,12H2,1-2H3. The highest BCUT2D eigenvalue weighted by atomic mass is 32.1. The third-order valence-corrected chi connectivity index (χ3v) is 3.87. The first-order valence-corrected chi connectivity index (χ1v) is 6.24. The minimum atomic E-state index is 0.200. The molecule has 1 aliphatic carbocycles. The minimum Gasteiger partial charge on any atom is -0.327 e. The van der Waals surface area contributed by atoms with Crippen molar-refractivity contribution in [1.29, 1.82) is 0 Å². The maximum Gasteiger partial charge on any atom is 0.0931 e. The summed E-state index contributed by atoms with van der Waals surface area (Å²) in [4.78, 5) is 4.65. The fraction of sp³-hybridized carbons (Fsp3) is 0.727. The predicted molar refractivity (Wildman–Crippen MR) is 60.6 cm³/mol. The zero-order chi connectivity index (χ0) is 10.1. The van der Waals surface area contributed by atoms with Crippen LogP contribution in [-0.4, -0.2) is 11.0 Å². The summed E-state index contributed by atoms with van der Waals surface area (Å²) in [6.45, 7) is 4.20. The number of aromatic nitrogens is 1. The van der Waals surface area contributed by atoms with Crippen LogP contribution >= 0.6 is 11.3 Å². The molecule has 2 N–H and O–H groups in total. The molecule has 0 saturated heterocycles. The molecule has 78 valence electrons. The van der Waals surface area contributed by atoms with Crippen molar-refractivity contribution in [2.45, 2.75) is 45.1 Å². The smallest absolute Gasteiger partial charge is 0.0931 e. The molecule has 1 aromatic rings. The van der Waals surface area contributed by atoms with Crippen LogP contribution in [0.15, 0.2) is 5.38 Å². The minimum absolute atomic E-state index is 0.200. The van der Waals surface area contributed by atoms with Gasteiger partial charge in [0.2, 0.25) is 0 Å². The highest BCUT2D eigenvalue weighted by molar-refractivity contribution is 7.09. The van der Waals surface area contributed by atoms with Gasteiger partial charge in [-0.2, -0.15) is 0 Å². The van der Waals surface area contributed by atoms with Crippen molar-refractivity contribution in [3.8, 4) is 0 Å². The monoisotopic (exact) mass is 210 g/mol. The van der Waals surface area contributed by atoms with Crippen LogP contribution in [0.5, 0.6) is 0 Å². The third kappa shape index (κ3) is 2.34. The summed E-state index contributed by atoms with van der Waals surface area (Å²) in [7, 11) is 0. The van der Waals surface area contributed by atoms with E-state index >= 15 is 0 Å². The molecule has 1 aromatic heterocycles. The highest BCUT2D eigenvalue weighted by Crippen LogP contribution is 2.34. The van der Waals surface area contributed by atoms with E-state index in [1.807, 2.05) is 6.92 Å². The summed E-state index contributed by atoms with van der Waals surface area (Å²) in [6, 6.07) is 0.200. The maximum atomic E-state index is 5.86. The van der Waals surface area contributed by atoms with Crippen LogP contribution in [0.1, 0.15) is 43.3 Å². The van der Waals surface area contributed by atoms with E-state index in [4.69, 9.17) is 5.73 Å². The van der Waals surface area contributed by atoms with Gasteiger partial charge in [0.15, 0.2) is 0 Å². The lowest BCUT2D eigenvalue weighted by Crippen LogP contribution is -2.22. The van der Waals surface area contributed by atoms with Gasteiger partial charge in [-0.1, -0.05) is 6.92 Å². The number of nitrogens with two attached hydrogens (primary N) is 1. The summed E-state index contributed by atoms with van der Waals surface area (Å²) in [5, 5.41) is 3.47. The highest BCUT2D eigenvalue weighted by Gasteiger charge is 2.23. The van der Waals surface area contributed by atoms with Gasteiger partial charge < -0.3 is 5.73 Å². The van der Waals surface area contributed by atoms with E-state index in [0.717, 1.165) is 5.92 Å². The van der Waals surface area contributed by atoms with Crippen LogP contribution < -0.4 is 5.73 Å². The Bertz CT molecular complexity index is 302. The molecule has 1 fully saturated rings. The number of thiazole rings is 1. The normalized spacial score (nSPS) is 20.8. The van der Waals surface area contributed by atoms with E-state index in [9.17, 15) is 0 Å². The predicted octanol–water partition coefficient (Wildman–Crippen LogP) is 2.55. The summed E-state index contributed by atoms with van der Waals surface area (Å²) in [5.74, 6) is 1.32. The zero-order valence-corrected chi connectivity index (χ0v) is 9.68. The molecule has 0 amide bonds. The van der Waals surface area contributed by atoms with Crippen LogP contribution in [0.3, 0.4) is 0 Å². The molecule has 1 aliphatic rings. The first-order chi connectivity index (χ1) is 6.66. The van der Waals surface area contributed by atoms with Gasteiger partial charge in [0.25, 0.3) is 0 Å². The Labute approximate surface area is 89.5 Å². The Morgan fingerprint density at radius 3 is 2.86 bits per heavy atom. The molecule has 2 atom stereocenters. The van der Waals surface area contributed by atoms with E-state index in [2.05, 4.69) is 17.3 Å². The second kappa shape index (κ2) is 3.99. The average Bonchev–Trinajstić information content (AvgIpc) is 2.81. The van der Waals surface area contributed by atoms with Crippen LogP contribution in [0.2, 0.25) is 0 Å². The Hall–Kier alpha value is -0.410. The maximum absolute atomic E-state index is 5.86. The molecule has 14 heavy (non-hydrogen) atoms. The van der Waals surface area contributed by atoms with Gasteiger partial charge in [0, 0.05) is 23.8 Å². The van der Waals surface area contributed by atoms with Crippen molar-refractivity contribution in [3.63, 3.8) is 0 Å². The molecule has 1 saturated carbocycles. The number of hydrogen-bond donors (Lipinski definition) is 1. The molecule has 3 heteroatoms. The summed E-state index contributed by atoms with van der Waals surface area (Å²) in [6.07, 6.45) is 3.99. The van der Waals surface area contributed by atoms with Crippen LogP contribution in [-0.2, 0) is 6.42 Å². The quantitative estimate of drug-likeness (QED) is 0.829. The molecular weight excluding hydrogens is 192 g/mol. The van der Waals surface area contributed by atoms with E-state index < -0.39 is 0 Å². The molecule has 1 heterocycles. The first kappa shape index (κ1) is 10.1.